The fourth-order valence-corrected chi connectivity index (χ4v) is 7.73. The van der Waals surface area contributed by atoms with E-state index in [0.717, 1.165) is 11.8 Å². The number of aromatic nitrogens is 5. The van der Waals surface area contributed by atoms with Crippen molar-refractivity contribution < 1.29 is 18.3 Å². The molecule has 0 saturated carbocycles. The number of nitrogens with zero attached hydrogens (tertiary/aromatic N) is 7. The van der Waals surface area contributed by atoms with Crippen molar-refractivity contribution in [3.63, 3.8) is 0 Å². The summed E-state index contributed by atoms with van der Waals surface area (Å²) in [6.07, 6.45) is 6.27. The number of carboxylic acid groups (broad SMARTS) is 1. The Kier molecular flexibility index (Phi) is 6.85. The minimum atomic E-state index is -3.83. The van der Waals surface area contributed by atoms with Gasteiger partial charge in [0, 0.05) is 43.1 Å². The fourth-order valence-electron chi connectivity index (χ4n) is 6.66. The molecule has 3 N–H and O–H groups in total. The minimum Gasteiger partial charge on any atom is -0.465 e. The molecule has 13 nitrogen and oxygen atoms in total. The van der Waals surface area contributed by atoms with Crippen molar-refractivity contribution in [3.05, 3.63) is 85.5 Å². The van der Waals surface area contributed by atoms with E-state index in [1.807, 2.05) is 12.1 Å². The van der Waals surface area contributed by atoms with E-state index in [4.69, 9.17) is 10.1 Å². The van der Waals surface area contributed by atoms with Crippen molar-refractivity contribution in [1.29, 1.82) is 0 Å². The third-order valence-corrected chi connectivity index (χ3v) is 10.4. The number of rotatable bonds is 7. The van der Waals surface area contributed by atoms with Gasteiger partial charge in [-0.2, -0.15) is 0 Å². The van der Waals surface area contributed by atoms with Crippen LogP contribution in [0.4, 0.5) is 27.9 Å². The van der Waals surface area contributed by atoms with E-state index >= 15 is 0 Å². The highest BCUT2D eigenvalue weighted by Gasteiger charge is 2.62. The van der Waals surface area contributed by atoms with Crippen molar-refractivity contribution >= 4 is 50.2 Å². The number of fused-ring (bicyclic) bond motifs is 3. The van der Waals surface area contributed by atoms with Gasteiger partial charge in [-0.05, 0) is 48.2 Å². The number of piperazine rings is 1. The molecule has 0 radical (unpaired) electrons. The average molecular weight is 640 g/mol. The Labute approximate surface area is 266 Å². The van der Waals surface area contributed by atoms with Gasteiger partial charge in [0.1, 0.15) is 11.6 Å². The van der Waals surface area contributed by atoms with E-state index in [1.54, 1.807) is 70.8 Å². The summed E-state index contributed by atoms with van der Waals surface area (Å²) in [7, 11) is -3.83. The standard InChI is InChI=1S/C32H33N9O4S/c1-31(2,3)32-17-23(19-40(32)30(42)43)39(20-32)28-16-22(11-12-35-28)41-26-15-21(38-46(44,45)24-7-5-4-6-8-24)9-10-25(26)29(37-41)36-27-18-33-13-14-34-27/h4-16,18,23,38H,17,19-20H2,1-3H3,(H,42,43)(H,34,36,37)/t23-,32+/m0/s1. The molecule has 7 rings (SSSR count). The molecule has 2 fully saturated rings. The predicted octanol–water partition coefficient (Wildman–Crippen LogP) is 5.11. The van der Waals surface area contributed by atoms with Crippen molar-refractivity contribution in [3.8, 4) is 5.69 Å². The third kappa shape index (κ3) is 4.94. The number of hydrogen-bond acceptors (Lipinski definition) is 9. The molecule has 1 amide bonds. The molecule has 0 aliphatic carbocycles. The average Bonchev–Trinajstić information content (AvgIpc) is 3.73. The molecule has 2 saturated heterocycles. The number of pyridine rings is 1. The number of anilines is 4. The number of hydrogen-bond donors (Lipinski definition) is 3. The second-order valence-electron chi connectivity index (χ2n) is 12.7. The number of amides is 1. The molecule has 5 aromatic rings. The summed E-state index contributed by atoms with van der Waals surface area (Å²) in [6, 6.07) is 17.2. The van der Waals surface area contributed by atoms with Gasteiger partial charge in [-0.3, -0.25) is 14.6 Å². The molecule has 14 heteroatoms. The van der Waals surface area contributed by atoms with Gasteiger partial charge in [0.25, 0.3) is 10.0 Å². The monoisotopic (exact) mass is 639 g/mol. The molecule has 2 aliphatic rings. The van der Waals surface area contributed by atoms with E-state index in [-0.39, 0.29) is 16.4 Å². The van der Waals surface area contributed by atoms with E-state index in [0.29, 0.717) is 47.4 Å². The molecule has 0 unspecified atom stereocenters. The third-order valence-electron chi connectivity index (χ3n) is 9.05. The summed E-state index contributed by atoms with van der Waals surface area (Å²) in [5.74, 6) is 1.73. The van der Waals surface area contributed by atoms with Gasteiger partial charge in [-0.15, -0.1) is 5.10 Å². The highest BCUT2D eigenvalue weighted by Crippen LogP contribution is 2.51. The summed E-state index contributed by atoms with van der Waals surface area (Å²) >= 11 is 0. The quantitative estimate of drug-likeness (QED) is 0.218. The zero-order valence-corrected chi connectivity index (χ0v) is 26.3. The van der Waals surface area contributed by atoms with Crippen molar-refractivity contribution in [1.82, 2.24) is 29.6 Å². The van der Waals surface area contributed by atoms with Gasteiger partial charge in [-0.1, -0.05) is 39.0 Å². The fraction of sp³-hybridized carbons (Fsp3) is 0.281. The zero-order valence-electron chi connectivity index (χ0n) is 25.5. The minimum absolute atomic E-state index is 0.0136. The smallest absolute Gasteiger partial charge is 0.407 e. The summed E-state index contributed by atoms with van der Waals surface area (Å²) < 4.78 is 30.7. The predicted molar refractivity (Wildman–Crippen MR) is 174 cm³/mol. The Morgan fingerprint density at radius 2 is 1.83 bits per heavy atom. The molecule has 2 bridgehead atoms. The van der Waals surface area contributed by atoms with Crippen LogP contribution in [0.2, 0.25) is 0 Å². The second-order valence-corrected chi connectivity index (χ2v) is 14.3. The first-order valence-electron chi connectivity index (χ1n) is 14.8. The second kappa shape index (κ2) is 10.7. The first kappa shape index (κ1) is 29.5. The maximum atomic E-state index is 13.1. The largest absolute Gasteiger partial charge is 0.465 e. The van der Waals surface area contributed by atoms with Crippen LogP contribution in [0.1, 0.15) is 27.2 Å². The maximum Gasteiger partial charge on any atom is 0.407 e. The molecular weight excluding hydrogens is 606 g/mol. The Bertz CT molecular complexity index is 2050. The summed E-state index contributed by atoms with van der Waals surface area (Å²) in [5.41, 5.74) is 0.888. The lowest BCUT2D eigenvalue weighted by Gasteiger charge is -2.48. The van der Waals surface area contributed by atoms with Gasteiger partial charge >= 0.3 is 6.09 Å². The Balaban J connectivity index is 1.29. The molecule has 5 heterocycles. The van der Waals surface area contributed by atoms with Crippen LogP contribution in [-0.4, -0.2) is 73.9 Å². The lowest BCUT2D eigenvalue weighted by molar-refractivity contribution is 0.0362. The van der Waals surface area contributed by atoms with Crippen LogP contribution in [0.5, 0.6) is 0 Å². The van der Waals surface area contributed by atoms with Gasteiger partial charge in [0.2, 0.25) is 0 Å². The van der Waals surface area contributed by atoms with E-state index in [9.17, 15) is 18.3 Å². The maximum absolute atomic E-state index is 13.1. The number of nitrogens with one attached hydrogen (secondary N) is 2. The Hall–Kier alpha value is -5.24. The van der Waals surface area contributed by atoms with E-state index < -0.39 is 21.7 Å². The highest BCUT2D eigenvalue weighted by atomic mass is 32.2. The van der Waals surface area contributed by atoms with Crippen molar-refractivity contribution in [2.75, 3.05) is 28.0 Å². The molecule has 236 valence electrons. The lowest BCUT2D eigenvalue weighted by Crippen LogP contribution is -2.61. The summed E-state index contributed by atoms with van der Waals surface area (Å²) in [4.78, 5) is 29.3. The molecule has 2 aromatic carbocycles. The number of sulfonamides is 1. The van der Waals surface area contributed by atoms with Crippen molar-refractivity contribution in [2.24, 2.45) is 5.41 Å². The molecule has 3 aromatic heterocycles. The van der Waals surface area contributed by atoms with Crippen LogP contribution in [0.15, 0.2) is 90.3 Å². The van der Waals surface area contributed by atoms with Crippen LogP contribution in [0, 0.1) is 5.41 Å². The Morgan fingerprint density at radius 1 is 1.02 bits per heavy atom. The van der Waals surface area contributed by atoms with Crippen LogP contribution < -0.4 is 14.9 Å². The van der Waals surface area contributed by atoms with Gasteiger partial charge < -0.3 is 15.3 Å². The normalized spacial score (nSPS) is 19.5. The highest BCUT2D eigenvalue weighted by molar-refractivity contribution is 7.92. The topological polar surface area (TPSA) is 158 Å². The molecule has 46 heavy (non-hydrogen) atoms. The summed E-state index contributed by atoms with van der Waals surface area (Å²) in [5, 5.41) is 18.8. The lowest BCUT2D eigenvalue weighted by atomic mass is 9.73. The first-order valence-corrected chi connectivity index (χ1v) is 16.3. The van der Waals surface area contributed by atoms with Gasteiger partial charge in [0.05, 0.1) is 39.6 Å². The van der Waals surface area contributed by atoms with Crippen LogP contribution >= 0.6 is 0 Å². The van der Waals surface area contributed by atoms with E-state index in [1.165, 1.54) is 12.1 Å². The van der Waals surface area contributed by atoms with Crippen LogP contribution in [0.3, 0.4) is 0 Å². The van der Waals surface area contributed by atoms with Crippen molar-refractivity contribution in [2.45, 2.75) is 43.7 Å². The Morgan fingerprint density at radius 3 is 2.54 bits per heavy atom. The molecule has 2 aliphatic heterocycles. The SMILES string of the molecule is CC(C)(C)[C@]12C[C@@H](CN1C(=O)O)N(c1cc(-n3nc(Nc4cnccn4)c4ccc(NS(=O)(=O)c5ccccc5)cc43)ccn1)C2. The van der Waals surface area contributed by atoms with Gasteiger partial charge in [-0.25, -0.2) is 27.9 Å². The molecule has 2 atom stereocenters. The van der Waals surface area contributed by atoms with E-state index in [2.05, 4.69) is 45.7 Å². The van der Waals surface area contributed by atoms with Crippen LogP contribution in [0.25, 0.3) is 16.6 Å². The number of likely N-dealkylation sites (tertiary alicyclic amines) is 1. The first-order chi connectivity index (χ1) is 21.9. The molecular formula is C32H33N9O4S. The zero-order chi connectivity index (χ0) is 32.3. The number of carbonyl (C=O) groups is 1. The molecule has 0 spiro atoms. The van der Waals surface area contributed by atoms with Gasteiger partial charge in [0.15, 0.2) is 5.82 Å². The summed E-state index contributed by atoms with van der Waals surface area (Å²) in [6.45, 7) is 7.19. The van der Waals surface area contributed by atoms with Crippen LogP contribution in [-0.2, 0) is 10.0 Å². The number of benzene rings is 2.